The number of thiol groups is 1. The summed E-state index contributed by atoms with van der Waals surface area (Å²) >= 11 is 4.10. The second kappa shape index (κ2) is 7.32. The minimum Gasteiger partial charge on any atom is -0.309 e. The van der Waals surface area contributed by atoms with E-state index in [2.05, 4.69) is 35.4 Å². The van der Waals surface area contributed by atoms with Gasteiger partial charge < -0.3 is 5.32 Å². The minimum absolute atomic E-state index is 0.130. The zero-order chi connectivity index (χ0) is 12.7. The molecule has 1 heterocycles. The standard InChI is InChI=1S/C11H20N4OS/c1-3-4-5-6-7-8-10-11(12-9(2)16)15(17)14-13-10/h17H,3-8H2,1-2H3,(H,12,16). The smallest absolute Gasteiger partial charge is 0.222 e. The first-order valence-corrected chi connectivity index (χ1v) is 6.46. The van der Waals surface area contributed by atoms with Crippen molar-refractivity contribution in [3.05, 3.63) is 5.69 Å². The van der Waals surface area contributed by atoms with Crippen LogP contribution in [0.5, 0.6) is 0 Å². The van der Waals surface area contributed by atoms with Crippen LogP contribution in [0.15, 0.2) is 0 Å². The molecular weight excluding hydrogens is 236 g/mol. The number of hydrogen-bond acceptors (Lipinski definition) is 4. The predicted octanol–water partition coefficient (Wildman–Crippen LogP) is 2.44. The fourth-order valence-electron chi connectivity index (χ4n) is 1.66. The van der Waals surface area contributed by atoms with Gasteiger partial charge in [0.1, 0.15) is 5.69 Å². The van der Waals surface area contributed by atoms with Crippen LogP contribution in [0.3, 0.4) is 0 Å². The number of nitrogens with zero attached hydrogens (tertiary/aromatic N) is 3. The second-order valence-corrected chi connectivity index (χ2v) is 4.50. The monoisotopic (exact) mass is 256 g/mol. The maximum atomic E-state index is 11.0. The van der Waals surface area contributed by atoms with Gasteiger partial charge >= 0.3 is 0 Å². The van der Waals surface area contributed by atoms with Crippen molar-refractivity contribution in [2.75, 3.05) is 5.32 Å². The molecule has 17 heavy (non-hydrogen) atoms. The average Bonchev–Trinajstić information content (AvgIpc) is 2.60. The molecule has 0 aliphatic rings. The van der Waals surface area contributed by atoms with Crippen LogP contribution < -0.4 is 5.32 Å². The van der Waals surface area contributed by atoms with Gasteiger partial charge in [0, 0.05) is 6.92 Å². The molecule has 0 unspecified atom stereocenters. The average molecular weight is 256 g/mol. The Morgan fingerprint density at radius 3 is 2.71 bits per heavy atom. The Bertz CT molecular complexity index is 364. The van der Waals surface area contributed by atoms with E-state index in [0.717, 1.165) is 18.5 Å². The fourth-order valence-corrected chi connectivity index (χ4v) is 1.86. The van der Waals surface area contributed by atoms with E-state index in [1.165, 1.54) is 36.7 Å². The first kappa shape index (κ1) is 14.0. The summed E-state index contributed by atoms with van der Waals surface area (Å²) in [6, 6.07) is 0. The predicted molar refractivity (Wildman–Crippen MR) is 71.2 cm³/mol. The van der Waals surface area contributed by atoms with E-state index >= 15 is 0 Å². The van der Waals surface area contributed by atoms with Gasteiger partial charge in [-0.1, -0.05) is 37.8 Å². The van der Waals surface area contributed by atoms with E-state index in [4.69, 9.17) is 0 Å². The first-order valence-electron chi connectivity index (χ1n) is 6.06. The summed E-state index contributed by atoms with van der Waals surface area (Å²) in [5.74, 6) is 0.464. The molecule has 0 saturated carbocycles. The number of rotatable bonds is 7. The molecule has 0 aromatic carbocycles. The largest absolute Gasteiger partial charge is 0.309 e. The Morgan fingerprint density at radius 2 is 2.06 bits per heavy atom. The third kappa shape index (κ3) is 4.77. The fraction of sp³-hybridized carbons (Fsp3) is 0.727. The summed E-state index contributed by atoms with van der Waals surface area (Å²) in [5, 5.41) is 10.5. The zero-order valence-corrected chi connectivity index (χ0v) is 11.3. The van der Waals surface area contributed by atoms with Gasteiger partial charge in [-0.25, -0.2) is 0 Å². The van der Waals surface area contributed by atoms with Crippen molar-refractivity contribution < 1.29 is 4.79 Å². The molecule has 96 valence electrons. The molecule has 0 aliphatic heterocycles. The van der Waals surface area contributed by atoms with Crippen molar-refractivity contribution in [2.24, 2.45) is 0 Å². The molecule has 1 aromatic rings. The van der Waals surface area contributed by atoms with Gasteiger partial charge in [0.2, 0.25) is 5.91 Å². The van der Waals surface area contributed by atoms with Crippen molar-refractivity contribution in [1.82, 2.24) is 14.4 Å². The molecule has 6 heteroatoms. The summed E-state index contributed by atoms with van der Waals surface area (Å²) in [6.45, 7) is 3.66. The number of carbonyl (C=O) groups excluding carboxylic acids is 1. The molecule has 1 aromatic heterocycles. The van der Waals surface area contributed by atoms with Crippen molar-refractivity contribution in [2.45, 2.75) is 52.4 Å². The number of carbonyl (C=O) groups is 1. The quantitative estimate of drug-likeness (QED) is 0.582. The number of aromatic nitrogens is 3. The van der Waals surface area contributed by atoms with Gasteiger partial charge in [-0.2, -0.15) is 4.09 Å². The summed E-state index contributed by atoms with van der Waals surface area (Å²) in [5.41, 5.74) is 0.812. The lowest BCUT2D eigenvalue weighted by atomic mass is 10.1. The Morgan fingerprint density at radius 1 is 1.35 bits per heavy atom. The third-order valence-electron chi connectivity index (χ3n) is 2.54. The van der Waals surface area contributed by atoms with Crippen LogP contribution in [0.2, 0.25) is 0 Å². The number of unbranched alkanes of at least 4 members (excludes halogenated alkanes) is 4. The molecule has 1 amide bonds. The molecule has 5 nitrogen and oxygen atoms in total. The summed E-state index contributed by atoms with van der Waals surface area (Å²) in [4.78, 5) is 11.0. The van der Waals surface area contributed by atoms with Gasteiger partial charge in [-0.15, -0.1) is 5.10 Å². The van der Waals surface area contributed by atoms with Crippen LogP contribution in [0.1, 0.15) is 51.6 Å². The number of nitrogens with one attached hydrogen (secondary N) is 1. The molecule has 0 saturated heterocycles. The first-order chi connectivity index (χ1) is 8.15. The normalized spacial score (nSPS) is 10.5. The van der Waals surface area contributed by atoms with Gasteiger partial charge in [0.05, 0.1) is 0 Å². The SMILES string of the molecule is CCCCCCCc1nnn(S)c1NC(C)=O. The highest BCUT2D eigenvalue weighted by atomic mass is 32.1. The van der Waals surface area contributed by atoms with Crippen LogP contribution in [0.25, 0.3) is 0 Å². The molecule has 1 N–H and O–H groups in total. The number of anilines is 1. The molecule has 0 fully saturated rings. The summed E-state index contributed by atoms with van der Waals surface area (Å²) < 4.78 is 1.31. The third-order valence-corrected chi connectivity index (χ3v) is 2.82. The van der Waals surface area contributed by atoms with Crippen LogP contribution >= 0.6 is 12.8 Å². The van der Waals surface area contributed by atoms with Crippen molar-refractivity contribution in [3.8, 4) is 0 Å². The van der Waals surface area contributed by atoms with Gasteiger partial charge in [0.25, 0.3) is 0 Å². The Balaban J connectivity index is 2.44. The van der Waals surface area contributed by atoms with Crippen LogP contribution in [0, 0.1) is 0 Å². The molecule has 0 bridgehead atoms. The van der Waals surface area contributed by atoms with Gasteiger partial charge in [-0.05, 0) is 25.7 Å². The molecule has 0 atom stereocenters. The van der Waals surface area contributed by atoms with E-state index in [1.807, 2.05) is 0 Å². The Kier molecular flexibility index (Phi) is 6.04. The summed E-state index contributed by atoms with van der Waals surface area (Å²) in [7, 11) is 0. The Labute approximate surface area is 108 Å². The number of aryl methyl sites for hydroxylation is 1. The molecule has 1 rings (SSSR count). The molecule has 0 radical (unpaired) electrons. The van der Waals surface area contributed by atoms with Crippen molar-refractivity contribution in [3.63, 3.8) is 0 Å². The number of amides is 1. The molecule has 0 aliphatic carbocycles. The second-order valence-electron chi connectivity index (χ2n) is 4.12. The van der Waals surface area contributed by atoms with E-state index < -0.39 is 0 Å². The maximum absolute atomic E-state index is 11.0. The van der Waals surface area contributed by atoms with Gasteiger partial charge in [0.15, 0.2) is 5.82 Å². The highest BCUT2D eigenvalue weighted by Crippen LogP contribution is 2.16. The van der Waals surface area contributed by atoms with Gasteiger partial charge in [-0.3, -0.25) is 4.79 Å². The van der Waals surface area contributed by atoms with E-state index in [0.29, 0.717) is 5.82 Å². The Hall–Kier alpha value is -1.04. The van der Waals surface area contributed by atoms with E-state index in [9.17, 15) is 4.79 Å². The van der Waals surface area contributed by atoms with Crippen LogP contribution in [-0.2, 0) is 11.2 Å². The maximum Gasteiger partial charge on any atom is 0.222 e. The lowest BCUT2D eigenvalue weighted by Gasteiger charge is -2.03. The molecule has 0 spiro atoms. The van der Waals surface area contributed by atoms with Crippen molar-refractivity contribution in [1.29, 1.82) is 0 Å². The highest BCUT2D eigenvalue weighted by Gasteiger charge is 2.11. The van der Waals surface area contributed by atoms with E-state index in [1.54, 1.807) is 0 Å². The topological polar surface area (TPSA) is 59.8 Å². The van der Waals surface area contributed by atoms with Crippen molar-refractivity contribution >= 4 is 24.5 Å². The minimum atomic E-state index is -0.130. The molecular formula is C11H20N4OS. The lowest BCUT2D eigenvalue weighted by molar-refractivity contribution is -0.114. The van der Waals surface area contributed by atoms with Crippen LogP contribution in [0.4, 0.5) is 5.82 Å². The van der Waals surface area contributed by atoms with E-state index in [-0.39, 0.29) is 5.91 Å². The van der Waals surface area contributed by atoms with Crippen LogP contribution in [-0.4, -0.2) is 20.3 Å². The summed E-state index contributed by atoms with van der Waals surface area (Å²) in [6.07, 6.45) is 6.86. The highest BCUT2D eigenvalue weighted by molar-refractivity contribution is 7.78. The zero-order valence-electron chi connectivity index (χ0n) is 10.4. The lowest BCUT2D eigenvalue weighted by Crippen LogP contribution is -2.10. The number of hydrogen-bond donors (Lipinski definition) is 2.